The van der Waals surface area contributed by atoms with Crippen molar-refractivity contribution in [3.05, 3.63) is 53.2 Å². The molecule has 0 spiro atoms. The van der Waals surface area contributed by atoms with Crippen molar-refractivity contribution in [1.82, 2.24) is 4.98 Å². The number of anilines is 1. The standard InChI is InChI=1S/C21H20N4O2S/c1-14-19(15(2)26)12-17(13-23)20(24-14)28-16(3)21(27)25(11-7-10-22)18-8-5-4-6-9-18/h4-6,8-9,12,16H,7,11H2,1-3H3. The summed E-state index contributed by atoms with van der Waals surface area (Å²) in [5.74, 6) is -0.334. The first kappa shape index (κ1) is 21.1. The van der Waals surface area contributed by atoms with Crippen molar-refractivity contribution in [1.29, 1.82) is 10.5 Å². The van der Waals surface area contributed by atoms with Crippen molar-refractivity contribution in [3.8, 4) is 12.1 Å². The molecule has 0 saturated heterocycles. The van der Waals surface area contributed by atoms with Crippen LogP contribution in [0.2, 0.25) is 0 Å². The predicted octanol–water partition coefficient (Wildman–Crippen LogP) is 3.89. The number of amides is 1. The summed E-state index contributed by atoms with van der Waals surface area (Å²) >= 11 is 1.17. The molecule has 1 aromatic heterocycles. The molecule has 1 heterocycles. The van der Waals surface area contributed by atoms with Crippen molar-refractivity contribution < 1.29 is 9.59 Å². The molecule has 0 bridgehead atoms. The highest BCUT2D eigenvalue weighted by atomic mass is 32.2. The molecule has 7 heteroatoms. The van der Waals surface area contributed by atoms with Gasteiger partial charge < -0.3 is 4.90 Å². The summed E-state index contributed by atoms with van der Waals surface area (Å²) in [7, 11) is 0. The second-order valence-electron chi connectivity index (χ2n) is 6.14. The summed E-state index contributed by atoms with van der Waals surface area (Å²) in [5, 5.41) is 18.2. The number of hydrogen-bond acceptors (Lipinski definition) is 6. The minimum absolute atomic E-state index is 0.158. The Morgan fingerprint density at radius 3 is 2.50 bits per heavy atom. The van der Waals surface area contributed by atoms with Crippen LogP contribution in [-0.4, -0.2) is 28.5 Å². The van der Waals surface area contributed by atoms with E-state index in [9.17, 15) is 14.9 Å². The highest BCUT2D eigenvalue weighted by molar-refractivity contribution is 8.00. The van der Waals surface area contributed by atoms with E-state index in [1.165, 1.54) is 24.8 Å². The topological polar surface area (TPSA) is 97.9 Å². The Hall–Kier alpha value is -3.16. The number of nitriles is 2. The largest absolute Gasteiger partial charge is 0.310 e. The van der Waals surface area contributed by atoms with Gasteiger partial charge in [0.1, 0.15) is 11.1 Å². The van der Waals surface area contributed by atoms with E-state index in [1.807, 2.05) is 30.3 Å². The maximum Gasteiger partial charge on any atom is 0.240 e. The Kier molecular flexibility index (Phi) is 7.31. The van der Waals surface area contributed by atoms with Crippen LogP contribution in [-0.2, 0) is 4.79 Å². The summed E-state index contributed by atoms with van der Waals surface area (Å²) < 4.78 is 0. The molecule has 2 aromatic rings. The third-order valence-corrected chi connectivity index (χ3v) is 5.18. The van der Waals surface area contributed by atoms with Crippen LogP contribution in [0.25, 0.3) is 0 Å². The fourth-order valence-corrected chi connectivity index (χ4v) is 3.67. The maximum absolute atomic E-state index is 13.0. The third kappa shape index (κ3) is 4.97. The zero-order valence-corrected chi connectivity index (χ0v) is 16.8. The van der Waals surface area contributed by atoms with Gasteiger partial charge in [0.15, 0.2) is 5.78 Å². The van der Waals surface area contributed by atoms with E-state index in [-0.39, 0.29) is 30.2 Å². The minimum Gasteiger partial charge on any atom is -0.310 e. The number of nitrogens with zero attached hydrogens (tertiary/aromatic N) is 4. The summed E-state index contributed by atoms with van der Waals surface area (Å²) in [4.78, 5) is 30.7. The molecule has 6 nitrogen and oxygen atoms in total. The molecule has 0 saturated carbocycles. The van der Waals surface area contributed by atoms with Gasteiger partial charge in [-0.3, -0.25) is 9.59 Å². The van der Waals surface area contributed by atoms with E-state index >= 15 is 0 Å². The van der Waals surface area contributed by atoms with Gasteiger partial charge in [-0.05, 0) is 39.0 Å². The summed E-state index contributed by atoms with van der Waals surface area (Å²) in [6.07, 6.45) is 0.214. The molecule has 0 aliphatic carbocycles. The number of hydrogen-bond donors (Lipinski definition) is 0. The van der Waals surface area contributed by atoms with Crippen LogP contribution in [0.5, 0.6) is 0 Å². The third-order valence-electron chi connectivity index (χ3n) is 4.10. The highest BCUT2D eigenvalue weighted by Crippen LogP contribution is 2.29. The fraction of sp³-hybridized carbons (Fsp3) is 0.286. The zero-order chi connectivity index (χ0) is 20.7. The number of aryl methyl sites for hydroxylation is 1. The lowest BCUT2D eigenvalue weighted by Gasteiger charge is -2.25. The van der Waals surface area contributed by atoms with E-state index < -0.39 is 5.25 Å². The lowest BCUT2D eigenvalue weighted by atomic mass is 10.1. The SMILES string of the molecule is CC(=O)c1cc(C#N)c(SC(C)C(=O)N(CCC#N)c2ccccc2)nc1C. The van der Waals surface area contributed by atoms with Crippen molar-refractivity contribution in [3.63, 3.8) is 0 Å². The van der Waals surface area contributed by atoms with Crippen LogP contribution in [0, 0.1) is 29.6 Å². The number of rotatable bonds is 7. The molecule has 0 aliphatic heterocycles. The van der Waals surface area contributed by atoms with Gasteiger partial charge in [-0.25, -0.2) is 4.98 Å². The fourth-order valence-electron chi connectivity index (χ4n) is 2.68. The maximum atomic E-state index is 13.0. The molecule has 0 fully saturated rings. The van der Waals surface area contributed by atoms with Crippen LogP contribution in [0.15, 0.2) is 41.4 Å². The van der Waals surface area contributed by atoms with Crippen LogP contribution < -0.4 is 4.90 Å². The van der Waals surface area contributed by atoms with Crippen LogP contribution in [0.4, 0.5) is 5.69 Å². The highest BCUT2D eigenvalue weighted by Gasteiger charge is 2.25. The Bertz CT molecular complexity index is 961. The first-order chi connectivity index (χ1) is 13.4. The number of carbonyl (C=O) groups excluding carboxylic acids is 2. The van der Waals surface area contributed by atoms with Crippen molar-refractivity contribution in [2.75, 3.05) is 11.4 Å². The number of aromatic nitrogens is 1. The molecular formula is C21H20N4O2S. The average molecular weight is 392 g/mol. The van der Waals surface area contributed by atoms with Gasteiger partial charge >= 0.3 is 0 Å². The molecule has 1 aromatic carbocycles. The van der Waals surface area contributed by atoms with Crippen LogP contribution >= 0.6 is 11.8 Å². The van der Waals surface area contributed by atoms with Gasteiger partial charge in [0.05, 0.1) is 23.3 Å². The Labute approximate surface area is 168 Å². The van der Waals surface area contributed by atoms with E-state index in [4.69, 9.17) is 5.26 Å². The lowest BCUT2D eigenvalue weighted by molar-refractivity contribution is -0.117. The van der Waals surface area contributed by atoms with Crippen LogP contribution in [0.1, 0.15) is 41.9 Å². The minimum atomic E-state index is -0.527. The lowest BCUT2D eigenvalue weighted by Crippen LogP contribution is -2.37. The summed E-state index contributed by atoms with van der Waals surface area (Å²) in [6, 6.07) is 14.8. The molecule has 28 heavy (non-hydrogen) atoms. The van der Waals surface area contributed by atoms with E-state index in [2.05, 4.69) is 17.1 Å². The van der Waals surface area contributed by atoms with E-state index in [1.54, 1.807) is 18.7 Å². The number of Topliss-reactive ketones (excluding diaryl/α,β-unsaturated/α-hetero) is 1. The average Bonchev–Trinajstić information content (AvgIpc) is 2.68. The molecule has 2 rings (SSSR count). The molecule has 142 valence electrons. The molecule has 1 atom stereocenters. The summed E-state index contributed by atoms with van der Waals surface area (Å²) in [6.45, 7) is 5.16. The Morgan fingerprint density at radius 2 is 1.93 bits per heavy atom. The smallest absolute Gasteiger partial charge is 0.240 e. The zero-order valence-electron chi connectivity index (χ0n) is 16.0. The number of ketones is 1. The van der Waals surface area contributed by atoms with Gasteiger partial charge in [0.2, 0.25) is 5.91 Å². The van der Waals surface area contributed by atoms with Gasteiger partial charge in [-0.1, -0.05) is 30.0 Å². The van der Waals surface area contributed by atoms with Crippen LogP contribution in [0.3, 0.4) is 0 Å². The molecule has 0 N–H and O–H groups in total. The second kappa shape index (κ2) is 9.68. The Morgan fingerprint density at radius 1 is 1.25 bits per heavy atom. The van der Waals surface area contributed by atoms with Gasteiger partial charge in [0, 0.05) is 23.5 Å². The molecule has 1 amide bonds. The summed E-state index contributed by atoms with van der Waals surface area (Å²) in [5.41, 5.74) is 1.91. The number of benzene rings is 1. The molecular weight excluding hydrogens is 372 g/mol. The Balaban J connectivity index is 2.30. The van der Waals surface area contributed by atoms with E-state index in [0.29, 0.717) is 22.0 Å². The predicted molar refractivity (Wildman–Crippen MR) is 108 cm³/mol. The quantitative estimate of drug-likeness (QED) is 0.524. The van der Waals surface area contributed by atoms with Crippen molar-refractivity contribution >= 4 is 29.1 Å². The monoisotopic (exact) mass is 392 g/mol. The number of pyridine rings is 1. The van der Waals surface area contributed by atoms with Gasteiger partial charge in [0.25, 0.3) is 0 Å². The van der Waals surface area contributed by atoms with E-state index in [0.717, 1.165) is 0 Å². The first-order valence-corrected chi connectivity index (χ1v) is 9.59. The van der Waals surface area contributed by atoms with Crippen molar-refractivity contribution in [2.24, 2.45) is 0 Å². The van der Waals surface area contributed by atoms with Gasteiger partial charge in [-0.2, -0.15) is 10.5 Å². The normalized spacial score (nSPS) is 11.2. The second-order valence-corrected chi connectivity index (χ2v) is 7.47. The number of para-hydroxylation sites is 1. The van der Waals surface area contributed by atoms with Crippen molar-refractivity contribution in [2.45, 2.75) is 37.5 Å². The molecule has 0 aliphatic rings. The number of carbonyl (C=O) groups is 2. The molecule has 0 radical (unpaired) electrons. The number of thioether (sulfide) groups is 1. The first-order valence-electron chi connectivity index (χ1n) is 8.71. The van der Waals surface area contributed by atoms with Gasteiger partial charge in [-0.15, -0.1) is 0 Å². The molecule has 1 unspecified atom stereocenters.